The lowest BCUT2D eigenvalue weighted by Gasteiger charge is -2.05. The van der Waals surface area contributed by atoms with Crippen LogP contribution in [-0.2, 0) is 27.8 Å². The highest BCUT2D eigenvalue weighted by Gasteiger charge is 2.18. The molecule has 0 radical (unpaired) electrons. The van der Waals surface area contributed by atoms with Crippen molar-refractivity contribution in [3.63, 3.8) is 0 Å². The van der Waals surface area contributed by atoms with Crippen LogP contribution in [0.1, 0.15) is 33.0 Å². The molecular formula is C22H22FNO4S. The molecule has 3 rings (SSSR count). The van der Waals surface area contributed by atoms with Gasteiger partial charge in [-0.05, 0) is 48.7 Å². The van der Waals surface area contributed by atoms with Gasteiger partial charge >= 0.3 is 0 Å². The van der Waals surface area contributed by atoms with Gasteiger partial charge in [0.2, 0.25) is 0 Å². The van der Waals surface area contributed by atoms with E-state index in [-0.39, 0.29) is 28.9 Å². The van der Waals surface area contributed by atoms with Crippen molar-refractivity contribution < 1.29 is 22.0 Å². The van der Waals surface area contributed by atoms with Crippen LogP contribution in [0.2, 0.25) is 0 Å². The van der Waals surface area contributed by atoms with E-state index in [9.17, 15) is 17.6 Å². The first-order valence-electron chi connectivity index (χ1n) is 9.18. The van der Waals surface area contributed by atoms with Gasteiger partial charge in [0.15, 0.2) is 15.6 Å². The van der Waals surface area contributed by atoms with Crippen LogP contribution in [0.5, 0.6) is 0 Å². The standard InChI is InChI=1S/C22H22FNO4S/c1-16-2-4-17(5-3-16)12-13-24-22(25)21-11-10-20(28-21)15-29(26,27)14-18-6-8-19(23)9-7-18/h2-11H,12-15H2,1H3,(H,24,25). The van der Waals surface area contributed by atoms with Crippen LogP contribution in [0.15, 0.2) is 65.1 Å². The quantitative estimate of drug-likeness (QED) is 0.607. The van der Waals surface area contributed by atoms with E-state index in [0.717, 1.165) is 5.56 Å². The number of carbonyl (C=O) groups is 1. The molecule has 1 amide bonds. The SMILES string of the molecule is Cc1ccc(CCNC(=O)c2ccc(CS(=O)(=O)Cc3ccc(F)cc3)o2)cc1. The van der Waals surface area contributed by atoms with Crippen LogP contribution in [0.3, 0.4) is 0 Å². The van der Waals surface area contributed by atoms with Crippen LogP contribution in [0.4, 0.5) is 4.39 Å². The molecule has 1 aromatic heterocycles. The first-order valence-corrected chi connectivity index (χ1v) is 11.0. The Balaban J connectivity index is 1.53. The number of benzene rings is 2. The van der Waals surface area contributed by atoms with Crippen molar-refractivity contribution in [2.75, 3.05) is 6.54 Å². The molecular weight excluding hydrogens is 393 g/mol. The van der Waals surface area contributed by atoms with E-state index in [2.05, 4.69) is 5.32 Å². The molecule has 29 heavy (non-hydrogen) atoms. The molecule has 0 unspecified atom stereocenters. The smallest absolute Gasteiger partial charge is 0.287 e. The third-order valence-electron chi connectivity index (χ3n) is 4.37. The van der Waals surface area contributed by atoms with Crippen LogP contribution in [0.25, 0.3) is 0 Å². The topological polar surface area (TPSA) is 76.4 Å². The van der Waals surface area contributed by atoms with Crippen molar-refractivity contribution >= 4 is 15.7 Å². The minimum atomic E-state index is -3.52. The molecule has 1 heterocycles. The highest BCUT2D eigenvalue weighted by Crippen LogP contribution is 2.16. The van der Waals surface area contributed by atoms with Gasteiger partial charge in [-0.1, -0.05) is 42.0 Å². The van der Waals surface area contributed by atoms with Gasteiger partial charge < -0.3 is 9.73 Å². The lowest BCUT2D eigenvalue weighted by molar-refractivity contribution is 0.0925. The summed E-state index contributed by atoms with van der Waals surface area (Å²) in [7, 11) is -3.52. The average Bonchev–Trinajstić information content (AvgIpc) is 3.13. The van der Waals surface area contributed by atoms with Crippen molar-refractivity contribution in [3.8, 4) is 0 Å². The van der Waals surface area contributed by atoms with Crippen molar-refractivity contribution in [1.82, 2.24) is 5.32 Å². The van der Waals surface area contributed by atoms with Gasteiger partial charge in [0.25, 0.3) is 5.91 Å². The molecule has 0 aliphatic rings. The number of rotatable bonds is 8. The summed E-state index contributed by atoms with van der Waals surface area (Å²) in [4.78, 5) is 12.2. The first kappa shape index (κ1) is 20.8. The van der Waals surface area contributed by atoms with E-state index < -0.39 is 15.7 Å². The van der Waals surface area contributed by atoms with E-state index in [1.807, 2.05) is 31.2 Å². The highest BCUT2D eigenvalue weighted by molar-refractivity contribution is 7.89. The predicted octanol–water partition coefficient (Wildman–Crippen LogP) is 3.81. The molecule has 7 heteroatoms. The molecule has 0 saturated carbocycles. The molecule has 152 valence electrons. The number of sulfone groups is 1. The second-order valence-electron chi connectivity index (χ2n) is 6.92. The monoisotopic (exact) mass is 415 g/mol. The van der Waals surface area contributed by atoms with Crippen molar-refractivity contribution in [2.24, 2.45) is 0 Å². The zero-order chi connectivity index (χ0) is 20.9. The number of nitrogens with one attached hydrogen (secondary N) is 1. The van der Waals surface area contributed by atoms with Gasteiger partial charge in [0, 0.05) is 6.54 Å². The highest BCUT2D eigenvalue weighted by atomic mass is 32.2. The summed E-state index contributed by atoms with van der Waals surface area (Å²) >= 11 is 0. The summed E-state index contributed by atoms with van der Waals surface area (Å²) in [6.07, 6.45) is 0.686. The Morgan fingerprint density at radius 1 is 0.931 bits per heavy atom. The number of amides is 1. The third-order valence-corrected chi connectivity index (χ3v) is 5.86. The Hall–Kier alpha value is -2.93. The summed E-state index contributed by atoms with van der Waals surface area (Å²) in [5.74, 6) is -1.11. The molecule has 0 saturated heterocycles. The summed E-state index contributed by atoms with van der Waals surface area (Å²) in [6, 6.07) is 16.3. The molecule has 0 bridgehead atoms. The Bertz CT molecular complexity index is 1070. The molecule has 1 N–H and O–H groups in total. The van der Waals surface area contributed by atoms with Gasteiger partial charge in [0.1, 0.15) is 17.3 Å². The summed E-state index contributed by atoms with van der Waals surface area (Å²) in [5.41, 5.74) is 2.78. The van der Waals surface area contributed by atoms with E-state index in [1.54, 1.807) is 0 Å². The molecule has 0 spiro atoms. The zero-order valence-corrected chi connectivity index (χ0v) is 16.8. The molecule has 0 aliphatic carbocycles. The van der Waals surface area contributed by atoms with Gasteiger partial charge in [-0.2, -0.15) is 0 Å². The first-order chi connectivity index (χ1) is 13.8. The third kappa shape index (κ3) is 6.29. The fraction of sp³-hybridized carbons (Fsp3) is 0.227. The summed E-state index contributed by atoms with van der Waals surface area (Å²) in [5, 5.41) is 2.77. The average molecular weight is 415 g/mol. The Morgan fingerprint density at radius 2 is 1.59 bits per heavy atom. The van der Waals surface area contributed by atoms with E-state index in [0.29, 0.717) is 18.5 Å². The number of furan rings is 1. The minimum Gasteiger partial charge on any atom is -0.455 e. The second kappa shape index (κ2) is 9.05. The predicted molar refractivity (Wildman–Crippen MR) is 109 cm³/mol. The van der Waals surface area contributed by atoms with E-state index >= 15 is 0 Å². The Labute approximate surface area is 169 Å². The minimum absolute atomic E-state index is 0.0703. The van der Waals surface area contributed by atoms with Crippen molar-refractivity contribution in [3.05, 3.63) is 94.7 Å². The van der Waals surface area contributed by atoms with Gasteiger partial charge in [-0.25, -0.2) is 12.8 Å². The van der Waals surface area contributed by atoms with Gasteiger partial charge in [0.05, 0.1) is 5.75 Å². The maximum absolute atomic E-state index is 12.9. The number of carbonyl (C=O) groups excluding carboxylic acids is 1. The van der Waals surface area contributed by atoms with Crippen LogP contribution in [0, 0.1) is 12.7 Å². The van der Waals surface area contributed by atoms with Crippen LogP contribution >= 0.6 is 0 Å². The lowest BCUT2D eigenvalue weighted by atomic mass is 10.1. The molecule has 0 atom stereocenters. The molecule has 2 aromatic carbocycles. The largest absolute Gasteiger partial charge is 0.455 e. The fourth-order valence-electron chi connectivity index (χ4n) is 2.84. The fourth-order valence-corrected chi connectivity index (χ4v) is 4.23. The normalized spacial score (nSPS) is 11.4. The van der Waals surface area contributed by atoms with Crippen molar-refractivity contribution in [1.29, 1.82) is 0 Å². The molecule has 5 nitrogen and oxygen atoms in total. The maximum Gasteiger partial charge on any atom is 0.287 e. The molecule has 0 aliphatic heterocycles. The lowest BCUT2D eigenvalue weighted by Crippen LogP contribution is -2.25. The number of hydrogen-bond acceptors (Lipinski definition) is 4. The molecule has 0 fully saturated rings. The molecule has 3 aromatic rings. The number of hydrogen-bond donors (Lipinski definition) is 1. The number of aryl methyl sites for hydroxylation is 1. The van der Waals surface area contributed by atoms with E-state index in [4.69, 9.17) is 4.42 Å². The van der Waals surface area contributed by atoms with Crippen LogP contribution in [-0.4, -0.2) is 20.9 Å². The maximum atomic E-state index is 12.9. The Morgan fingerprint density at radius 3 is 2.28 bits per heavy atom. The second-order valence-corrected chi connectivity index (χ2v) is 8.98. The zero-order valence-electron chi connectivity index (χ0n) is 16.0. The summed E-state index contributed by atoms with van der Waals surface area (Å²) < 4.78 is 43.0. The van der Waals surface area contributed by atoms with Gasteiger partial charge in [-0.3, -0.25) is 4.79 Å². The van der Waals surface area contributed by atoms with E-state index in [1.165, 1.54) is 42.0 Å². The number of halogens is 1. The van der Waals surface area contributed by atoms with Crippen LogP contribution < -0.4 is 5.32 Å². The summed E-state index contributed by atoms with van der Waals surface area (Å²) in [6.45, 7) is 2.46. The van der Waals surface area contributed by atoms with Gasteiger partial charge in [-0.15, -0.1) is 0 Å². The van der Waals surface area contributed by atoms with Crippen molar-refractivity contribution in [2.45, 2.75) is 24.9 Å². The Kier molecular flexibility index (Phi) is 6.49.